The summed E-state index contributed by atoms with van der Waals surface area (Å²) in [5.41, 5.74) is 1.66. The molecule has 7 heteroatoms. The van der Waals surface area contributed by atoms with Crippen LogP contribution in [0.25, 0.3) is 0 Å². The lowest BCUT2D eigenvalue weighted by atomic mass is 9.93. The summed E-state index contributed by atoms with van der Waals surface area (Å²) >= 11 is 1.77. The lowest BCUT2D eigenvalue weighted by Gasteiger charge is -2.26. The highest BCUT2D eigenvalue weighted by atomic mass is 35.5. The van der Waals surface area contributed by atoms with Crippen LogP contribution in [0.15, 0.2) is 53.7 Å². The molecule has 0 aliphatic carbocycles. The van der Waals surface area contributed by atoms with Crippen LogP contribution in [0.1, 0.15) is 31.7 Å². The maximum absolute atomic E-state index is 12.6. The molecule has 3 rings (SSSR count). The molecular formula is C19H25Cl2N3OS. The monoisotopic (exact) mass is 413 g/mol. The predicted molar refractivity (Wildman–Crippen MR) is 114 cm³/mol. The number of aromatic nitrogens is 1. The van der Waals surface area contributed by atoms with E-state index in [0.717, 1.165) is 37.2 Å². The Hall–Kier alpha value is -1.27. The fourth-order valence-corrected chi connectivity index (χ4v) is 3.83. The summed E-state index contributed by atoms with van der Waals surface area (Å²) in [5, 5.41) is 6.42. The van der Waals surface area contributed by atoms with Gasteiger partial charge in [0.25, 0.3) is 0 Å². The fourth-order valence-electron chi connectivity index (χ4n) is 3.00. The van der Waals surface area contributed by atoms with Gasteiger partial charge in [0.1, 0.15) is 0 Å². The molecule has 1 unspecified atom stereocenters. The lowest BCUT2D eigenvalue weighted by molar-refractivity contribution is -0.122. The molecule has 142 valence electrons. The molecule has 1 aliphatic heterocycles. The predicted octanol–water partition coefficient (Wildman–Crippen LogP) is 4.69. The first kappa shape index (κ1) is 22.8. The van der Waals surface area contributed by atoms with E-state index in [1.807, 2.05) is 24.4 Å². The Bertz CT molecular complexity index is 677. The maximum Gasteiger partial charge on any atom is 0.244 e. The second kappa shape index (κ2) is 10.8. The van der Waals surface area contributed by atoms with Crippen molar-refractivity contribution in [3.05, 3.63) is 54.4 Å². The molecule has 0 saturated carbocycles. The van der Waals surface area contributed by atoms with Gasteiger partial charge in [-0.15, -0.1) is 36.6 Å². The number of nitrogens with zero attached hydrogens (tertiary/aromatic N) is 1. The van der Waals surface area contributed by atoms with Crippen molar-refractivity contribution in [2.75, 3.05) is 11.9 Å². The molecule has 0 radical (unpaired) electrons. The number of amides is 1. The number of hydrogen-bond acceptors (Lipinski definition) is 4. The molecule has 1 saturated heterocycles. The van der Waals surface area contributed by atoms with Gasteiger partial charge in [-0.3, -0.25) is 9.78 Å². The van der Waals surface area contributed by atoms with E-state index >= 15 is 0 Å². The number of halogens is 2. The molecular weight excluding hydrogens is 389 g/mol. The van der Waals surface area contributed by atoms with Crippen molar-refractivity contribution in [3.63, 3.8) is 0 Å². The van der Waals surface area contributed by atoms with Crippen LogP contribution in [-0.2, 0) is 10.5 Å². The molecule has 2 N–H and O–H groups in total. The number of pyridine rings is 1. The highest BCUT2D eigenvalue weighted by Gasteiger charge is 2.38. The Labute approximate surface area is 171 Å². The van der Waals surface area contributed by atoms with Crippen LogP contribution in [0.5, 0.6) is 0 Å². The molecule has 2 aromatic rings. The van der Waals surface area contributed by atoms with Gasteiger partial charge in [0.15, 0.2) is 0 Å². The van der Waals surface area contributed by atoms with Gasteiger partial charge in [-0.1, -0.05) is 13.0 Å². The van der Waals surface area contributed by atoms with Crippen LogP contribution >= 0.6 is 36.6 Å². The molecule has 1 aromatic carbocycles. The average molecular weight is 414 g/mol. The fraction of sp³-hybridized carbons (Fsp3) is 0.368. The lowest BCUT2D eigenvalue weighted by Crippen LogP contribution is -2.50. The third-order valence-electron chi connectivity index (χ3n) is 4.52. The smallest absolute Gasteiger partial charge is 0.244 e. The first-order chi connectivity index (χ1) is 11.7. The van der Waals surface area contributed by atoms with Gasteiger partial charge in [-0.2, -0.15) is 0 Å². The summed E-state index contributed by atoms with van der Waals surface area (Å²) < 4.78 is 0. The van der Waals surface area contributed by atoms with Crippen molar-refractivity contribution in [2.45, 2.75) is 42.4 Å². The normalized spacial score (nSPS) is 18.5. The molecule has 26 heavy (non-hydrogen) atoms. The zero-order valence-electron chi connectivity index (χ0n) is 14.7. The van der Waals surface area contributed by atoms with Crippen molar-refractivity contribution >= 4 is 48.2 Å². The minimum Gasteiger partial charge on any atom is -0.324 e. The van der Waals surface area contributed by atoms with Crippen LogP contribution in [0.2, 0.25) is 0 Å². The first-order valence-corrected chi connectivity index (χ1v) is 9.39. The Morgan fingerprint density at radius 2 is 2.04 bits per heavy atom. The zero-order valence-corrected chi connectivity index (χ0v) is 17.2. The van der Waals surface area contributed by atoms with Gasteiger partial charge in [-0.25, -0.2) is 0 Å². The van der Waals surface area contributed by atoms with Gasteiger partial charge in [0.05, 0.1) is 5.54 Å². The Balaban J connectivity index is 0.00000169. The zero-order chi connectivity index (χ0) is 16.8. The van der Waals surface area contributed by atoms with E-state index in [-0.39, 0.29) is 30.7 Å². The van der Waals surface area contributed by atoms with Crippen molar-refractivity contribution in [2.24, 2.45) is 0 Å². The largest absolute Gasteiger partial charge is 0.324 e. The summed E-state index contributed by atoms with van der Waals surface area (Å²) in [7, 11) is 0. The molecule has 1 aliphatic rings. The van der Waals surface area contributed by atoms with Gasteiger partial charge in [-0.05, 0) is 61.7 Å². The summed E-state index contributed by atoms with van der Waals surface area (Å²) in [5.74, 6) is 0.973. The van der Waals surface area contributed by atoms with E-state index in [2.05, 4.69) is 40.7 Å². The van der Waals surface area contributed by atoms with Crippen LogP contribution in [-0.4, -0.2) is 23.0 Å². The first-order valence-electron chi connectivity index (χ1n) is 8.40. The third-order valence-corrected chi connectivity index (χ3v) is 5.61. The van der Waals surface area contributed by atoms with Crippen molar-refractivity contribution in [1.82, 2.24) is 10.3 Å². The summed E-state index contributed by atoms with van der Waals surface area (Å²) in [6.07, 6.45) is 6.46. The highest BCUT2D eigenvalue weighted by molar-refractivity contribution is 7.98. The topological polar surface area (TPSA) is 54.0 Å². The molecule has 1 amide bonds. The number of nitrogens with one attached hydrogen (secondary N) is 2. The Morgan fingerprint density at radius 1 is 1.27 bits per heavy atom. The second-order valence-electron chi connectivity index (χ2n) is 6.09. The van der Waals surface area contributed by atoms with Gasteiger partial charge < -0.3 is 10.6 Å². The Morgan fingerprint density at radius 3 is 2.62 bits per heavy atom. The summed E-state index contributed by atoms with van der Waals surface area (Å²) in [4.78, 5) is 17.9. The maximum atomic E-state index is 12.6. The minimum absolute atomic E-state index is 0. The van der Waals surface area contributed by atoms with E-state index in [1.165, 1.54) is 10.5 Å². The molecule has 1 aromatic heterocycles. The number of thioether (sulfide) groups is 1. The number of anilines is 1. The average Bonchev–Trinajstić information content (AvgIpc) is 3.12. The van der Waals surface area contributed by atoms with Crippen LogP contribution < -0.4 is 10.6 Å². The van der Waals surface area contributed by atoms with Crippen LogP contribution in [0.4, 0.5) is 5.69 Å². The molecule has 0 spiro atoms. The quantitative estimate of drug-likeness (QED) is 0.674. The SMILES string of the molecule is CCC1(C(=O)Nc2ccc(SCc3cccnc3)cc2)CCCN1.Cl.Cl. The minimum atomic E-state index is -0.395. The van der Waals surface area contributed by atoms with Gasteiger partial charge >= 0.3 is 0 Å². The van der Waals surface area contributed by atoms with Gasteiger partial charge in [0.2, 0.25) is 5.91 Å². The number of hydrogen-bond donors (Lipinski definition) is 2. The highest BCUT2D eigenvalue weighted by Crippen LogP contribution is 2.27. The van der Waals surface area contributed by atoms with Crippen LogP contribution in [0.3, 0.4) is 0 Å². The van der Waals surface area contributed by atoms with E-state index < -0.39 is 5.54 Å². The van der Waals surface area contributed by atoms with E-state index in [9.17, 15) is 4.79 Å². The Kier molecular flexibility index (Phi) is 9.44. The molecule has 2 heterocycles. The number of rotatable bonds is 6. The van der Waals surface area contributed by atoms with Crippen molar-refractivity contribution in [3.8, 4) is 0 Å². The molecule has 0 bridgehead atoms. The van der Waals surface area contributed by atoms with E-state index in [4.69, 9.17) is 0 Å². The summed E-state index contributed by atoms with van der Waals surface area (Å²) in [6.45, 7) is 2.99. The van der Waals surface area contributed by atoms with E-state index in [0.29, 0.717) is 0 Å². The standard InChI is InChI=1S/C19H23N3OS.2ClH/c1-2-19(10-4-12-21-19)18(23)22-16-6-8-17(9-7-16)24-14-15-5-3-11-20-13-15;;/h3,5-9,11,13,21H,2,4,10,12,14H2,1H3,(H,22,23);2*1H. The number of benzene rings is 1. The van der Waals surface area contributed by atoms with Crippen molar-refractivity contribution < 1.29 is 4.79 Å². The number of carbonyl (C=O) groups excluding carboxylic acids is 1. The van der Waals surface area contributed by atoms with Crippen LogP contribution in [0, 0.1) is 0 Å². The van der Waals surface area contributed by atoms with Gasteiger partial charge in [0, 0.05) is 28.7 Å². The number of carbonyl (C=O) groups is 1. The summed E-state index contributed by atoms with van der Waals surface area (Å²) in [6, 6.07) is 12.1. The van der Waals surface area contributed by atoms with Crippen molar-refractivity contribution in [1.29, 1.82) is 0 Å². The molecule has 1 fully saturated rings. The molecule has 1 atom stereocenters. The van der Waals surface area contributed by atoms with E-state index in [1.54, 1.807) is 18.0 Å². The third kappa shape index (κ3) is 5.61. The second-order valence-corrected chi connectivity index (χ2v) is 7.14. The molecule has 4 nitrogen and oxygen atoms in total.